The number of aromatic nitrogens is 1. The molecule has 3 heterocycles. The molecule has 2 fully saturated rings. The molecule has 0 radical (unpaired) electrons. The van der Waals surface area contributed by atoms with Crippen LogP contribution in [0.2, 0.25) is 0 Å². The number of amides is 3. The van der Waals surface area contributed by atoms with Crippen LogP contribution in [-0.4, -0.2) is 70.8 Å². The molecule has 1 spiro atoms. The van der Waals surface area contributed by atoms with Gasteiger partial charge in [0.25, 0.3) is 0 Å². The Morgan fingerprint density at radius 1 is 1.21 bits per heavy atom. The summed E-state index contributed by atoms with van der Waals surface area (Å²) < 4.78 is 13.7. The standard InChI is InChI=1S/C30H36FN5O3/c1-29(2,32)27(38)34-25(15-20-16-33-24-8-5-4-7-22(20)24)26(37)36-14-6-13-30(18-36)23(17-35(3)28(30)39)19-9-11-21(31)12-10-19/h4-5,7-12,16,23,25,33H,6,13-15,17-18,32H2,1-3H3,(H,34,38)/t23?,25?,30-/m0/s1. The summed E-state index contributed by atoms with van der Waals surface area (Å²) in [6, 6.07) is 13.3. The first-order valence-corrected chi connectivity index (χ1v) is 13.4. The van der Waals surface area contributed by atoms with E-state index in [1.807, 2.05) is 30.5 Å². The second-order valence-electron chi connectivity index (χ2n) is 11.6. The van der Waals surface area contributed by atoms with E-state index >= 15 is 0 Å². The Bertz CT molecular complexity index is 1400. The zero-order chi connectivity index (χ0) is 27.9. The number of para-hydroxylation sites is 1. The summed E-state index contributed by atoms with van der Waals surface area (Å²) in [6.07, 6.45) is 3.43. The molecule has 2 saturated heterocycles. The Kier molecular flexibility index (Phi) is 6.97. The van der Waals surface area contributed by atoms with Crippen molar-refractivity contribution < 1.29 is 18.8 Å². The van der Waals surface area contributed by atoms with Gasteiger partial charge in [0.15, 0.2) is 0 Å². The maximum atomic E-state index is 14.1. The second kappa shape index (κ2) is 10.1. The highest BCUT2D eigenvalue weighted by Crippen LogP contribution is 2.49. The van der Waals surface area contributed by atoms with Crippen molar-refractivity contribution in [3.63, 3.8) is 0 Å². The highest BCUT2D eigenvalue weighted by Gasteiger charge is 2.56. The number of nitrogens with zero attached hydrogens (tertiary/aromatic N) is 2. The third-order valence-corrected chi connectivity index (χ3v) is 8.29. The third-order valence-electron chi connectivity index (χ3n) is 8.29. The largest absolute Gasteiger partial charge is 0.361 e. The minimum Gasteiger partial charge on any atom is -0.361 e. The smallest absolute Gasteiger partial charge is 0.245 e. The molecule has 3 amide bonds. The number of aromatic amines is 1. The average molecular weight is 534 g/mol. The van der Waals surface area contributed by atoms with Gasteiger partial charge in [0, 0.05) is 56.1 Å². The van der Waals surface area contributed by atoms with Gasteiger partial charge in [0.2, 0.25) is 17.7 Å². The Balaban J connectivity index is 1.45. The molecule has 4 N–H and O–H groups in total. The van der Waals surface area contributed by atoms with Gasteiger partial charge in [-0.05, 0) is 56.0 Å². The van der Waals surface area contributed by atoms with Crippen LogP contribution in [-0.2, 0) is 20.8 Å². The second-order valence-corrected chi connectivity index (χ2v) is 11.6. The maximum absolute atomic E-state index is 14.1. The van der Waals surface area contributed by atoms with Crippen molar-refractivity contribution in [2.24, 2.45) is 11.1 Å². The monoisotopic (exact) mass is 533 g/mol. The molecule has 3 atom stereocenters. The number of halogens is 1. The predicted octanol–water partition coefficient (Wildman–Crippen LogP) is 2.94. The van der Waals surface area contributed by atoms with E-state index in [1.165, 1.54) is 12.1 Å². The van der Waals surface area contributed by atoms with Crippen molar-refractivity contribution in [1.82, 2.24) is 20.1 Å². The lowest BCUT2D eigenvalue weighted by atomic mass is 9.69. The van der Waals surface area contributed by atoms with Crippen molar-refractivity contribution in [3.8, 4) is 0 Å². The van der Waals surface area contributed by atoms with Crippen molar-refractivity contribution in [1.29, 1.82) is 0 Å². The number of hydrogen-bond donors (Lipinski definition) is 3. The number of benzene rings is 2. The van der Waals surface area contributed by atoms with Gasteiger partial charge in [-0.2, -0.15) is 0 Å². The SMILES string of the molecule is CN1CC(c2ccc(F)cc2)[C@@]2(CCCN(C(=O)C(Cc3c[nH]c4ccccc34)NC(=O)C(C)(C)N)C2)C1=O. The molecule has 0 saturated carbocycles. The van der Waals surface area contributed by atoms with Crippen molar-refractivity contribution in [3.05, 3.63) is 71.7 Å². The van der Waals surface area contributed by atoms with Crippen molar-refractivity contribution in [2.75, 3.05) is 26.7 Å². The minimum absolute atomic E-state index is 0.00497. The molecule has 0 bridgehead atoms. The van der Waals surface area contributed by atoms with Crippen molar-refractivity contribution >= 4 is 28.6 Å². The number of nitrogens with one attached hydrogen (secondary N) is 2. The number of nitrogens with two attached hydrogens (primary N) is 1. The van der Waals surface area contributed by atoms with Crippen LogP contribution in [0.1, 0.15) is 43.7 Å². The minimum atomic E-state index is -1.17. The molecule has 1 aromatic heterocycles. The normalized spacial score (nSPS) is 22.5. The number of piperidine rings is 1. The Morgan fingerprint density at radius 2 is 1.92 bits per heavy atom. The lowest BCUT2D eigenvalue weighted by Gasteiger charge is -2.43. The summed E-state index contributed by atoms with van der Waals surface area (Å²) in [4.78, 5) is 47.4. The van der Waals surface area contributed by atoms with Crippen LogP contribution >= 0.6 is 0 Å². The van der Waals surface area contributed by atoms with Crippen LogP contribution in [0.25, 0.3) is 10.9 Å². The first-order valence-electron chi connectivity index (χ1n) is 13.4. The molecular weight excluding hydrogens is 497 g/mol. The highest BCUT2D eigenvalue weighted by atomic mass is 19.1. The Labute approximate surface area is 227 Å². The number of fused-ring (bicyclic) bond motifs is 1. The third kappa shape index (κ3) is 5.03. The molecule has 8 nitrogen and oxygen atoms in total. The quantitative estimate of drug-likeness (QED) is 0.452. The van der Waals surface area contributed by atoms with E-state index in [4.69, 9.17) is 5.73 Å². The fourth-order valence-corrected chi connectivity index (χ4v) is 6.20. The lowest BCUT2D eigenvalue weighted by Crippen LogP contribution is -2.59. The van der Waals surface area contributed by atoms with Crippen LogP contribution in [0.4, 0.5) is 4.39 Å². The number of hydrogen-bond acceptors (Lipinski definition) is 4. The molecule has 0 aliphatic carbocycles. The number of carbonyl (C=O) groups is 3. The summed E-state index contributed by atoms with van der Waals surface area (Å²) in [6.45, 7) is 4.43. The summed E-state index contributed by atoms with van der Waals surface area (Å²) in [5.41, 5.74) is 6.84. The molecule has 39 heavy (non-hydrogen) atoms. The molecule has 9 heteroatoms. The van der Waals surface area contributed by atoms with Crippen molar-refractivity contribution in [2.45, 2.75) is 50.6 Å². The molecule has 2 aliphatic heterocycles. The fraction of sp³-hybridized carbons (Fsp3) is 0.433. The number of H-pyrrole nitrogens is 1. The van der Waals surface area contributed by atoms with Gasteiger partial charge in [0.1, 0.15) is 11.9 Å². The zero-order valence-corrected chi connectivity index (χ0v) is 22.7. The van der Waals surface area contributed by atoms with Crippen LogP contribution in [0.15, 0.2) is 54.7 Å². The predicted molar refractivity (Wildman–Crippen MR) is 147 cm³/mol. The number of likely N-dealkylation sites (N-methyl/N-ethyl adjacent to an activating group) is 1. The molecule has 5 rings (SSSR count). The van der Waals surface area contributed by atoms with E-state index in [1.54, 1.807) is 42.8 Å². The number of likely N-dealkylation sites (tertiary alicyclic amines) is 2. The van der Waals surface area contributed by atoms with Gasteiger partial charge >= 0.3 is 0 Å². The number of rotatable bonds is 6. The lowest BCUT2D eigenvalue weighted by molar-refractivity contribution is -0.145. The van der Waals surface area contributed by atoms with E-state index in [2.05, 4.69) is 10.3 Å². The summed E-state index contributed by atoms with van der Waals surface area (Å²) in [7, 11) is 1.78. The average Bonchev–Trinajstić information content (AvgIpc) is 3.42. The van der Waals surface area contributed by atoms with E-state index in [9.17, 15) is 18.8 Å². The maximum Gasteiger partial charge on any atom is 0.245 e. The molecule has 2 unspecified atom stereocenters. The van der Waals surface area contributed by atoms with E-state index < -0.39 is 22.9 Å². The van der Waals surface area contributed by atoms with Gasteiger partial charge in [-0.15, -0.1) is 0 Å². The first-order chi connectivity index (χ1) is 18.5. The van der Waals surface area contributed by atoms with Crippen LogP contribution in [0.3, 0.4) is 0 Å². The van der Waals surface area contributed by atoms with Gasteiger partial charge in [-0.1, -0.05) is 30.3 Å². The first kappa shape index (κ1) is 26.9. The summed E-state index contributed by atoms with van der Waals surface area (Å²) in [5.74, 6) is -1.17. The van der Waals surface area contributed by atoms with Crippen LogP contribution in [0.5, 0.6) is 0 Å². The van der Waals surface area contributed by atoms with E-state index in [-0.39, 0.29) is 36.5 Å². The van der Waals surface area contributed by atoms with Gasteiger partial charge < -0.3 is 25.8 Å². The van der Waals surface area contributed by atoms with E-state index in [0.29, 0.717) is 25.9 Å². The zero-order valence-electron chi connectivity index (χ0n) is 22.7. The molecule has 3 aromatic rings. The van der Waals surface area contributed by atoms with Gasteiger partial charge in [0.05, 0.1) is 11.0 Å². The van der Waals surface area contributed by atoms with Crippen LogP contribution < -0.4 is 11.1 Å². The Morgan fingerprint density at radius 3 is 2.64 bits per heavy atom. The van der Waals surface area contributed by atoms with Gasteiger partial charge in [-0.25, -0.2) is 4.39 Å². The number of carbonyl (C=O) groups excluding carboxylic acids is 3. The molecule has 2 aliphatic rings. The highest BCUT2D eigenvalue weighted by molar-refractivity contribution is 5.93. The Hall–Kier alpha value is -3.72. The molecule has 206 valence electrons. The van der Waals surface area contributed by atoms with Crippen LogP contribution in [0, 0.1) is 11.2 Å². The summed E-state index contributed by atoms with van der Waals surface area (Å²) in [5, 5.41) is 3.88. The van der Waals surface area contributed by atoms with Gasteiger partial charge in [-0.3, -0.25) is 14.4 Å². The summed E-state index contributed by atoms with van der Waals surface area (Å²) >= 11 is 0. The molecule has 2 aromatic carbocycles. The van der Waals surface area contributed by atoms with E-state index in [0.717, 1.165) is 22.0 Å². The topological polar surface area (TPSA) is 112 Å². The fourth-order valence-electron chi connectivity index (χ4n) is 6.20. The molecular formula is C30H36FN5O3.